The number of carbonyl (C=O) groups is 1. The first-order valence-corrected chi connectivity index (χ1v) is 6.09. The first-order valence-electron chi connectivity index (χ1n) is 6.09. The second kappa shape index (κ2) is 4.65. The molecule has 4 heteroatoms. The zero-order chi connectivity index (χ0) is 13.2. The van der Waals surface area contributed by atoms with Gasteiger partial charge < -0.3 is 10.1 Å². The van der Waals surface area contributed by atoms with Gasteiger partial charge in [0, 0.05) is 29.2 Å². The van der Waals surface area contributed by atoms with Crippen molar-refractivity contribution in [2.75, 3.05) is 0 Å². The standard InChI is InChI=1S/C15H13N3O/c1-10-6-12(3-4-16-10)14-7-11-2-5-17-15(9-19)13(11)8-18-14/h2-9,15,17H,1H3. The highest BCUT2D eigenvalue weighted by Gasteiger charge is 2.16. The Hall–Kier alpha value is -2.49. The highest BCUT2D eigenvalue weighted by atomic mass is 16.1. The normalized spacial score (nSPS) is 16.6. The van der Waals surface area contributed by atoms with E-state index in [2.05, 4.69) is 15.3 Å². The van der Waals surface area contributed by atoms with E-state index < -0.39 is 0 Å². The van der Waals surface area contributed by atoms with Gasteiger partial charge in [-0.3, -0.25) is 9.97 Å². The molecule has 0 aromatic carbocycles. The number of pyridine rings is 2. The van der Waals surface area contributed by atoms with Gasteiger partial charge >= 0.3 is 0 Å². The van der Waals surface area contributed by atoms with Crippen molar-refractivity contribution >= 4 is 12.4 Å². The van der Waals surface area contributed by atoms with Crippen molar-refractivity contribution < 1.29 is 4.79 Å². The molecule has 19 heavy (non-hydrogen) atoms. The summed E-state index contributed by atoms with van der Waals surface area (Å²) in [6, 6.07) is 5.62. The molecule has 0 saturated carbocycles. The number of nitrogens with one attached hydrogen (secondary N) is 1. The van der Waals surface area contributed by atoms with Gasteiger partial charge in [0.15, 0.2) is 0 Å². The van der Waals surface area contributed by atoms with Gasteiger partial charge in [0.1, 0.15) is 12.3 Å². The Bertz CT molecular complexity index is 664. The Labute approximate surface area is 111 Å². The number of hydrogen-bond acceptors (Lipinski definition) is 4. The molecule has 0 radical (unpaired) electrons. The number of hydrogen-bond donors (Lipinski definition) is 1. The summed E-state index contributed by atoms with van der Waals surface area (Å²) < 4.78 is 0. The van der Waals surface area contributed by atoms with E-state index in [0.717, 1.165) is 34.4 Å². The van der Waals surface area contributed by atoms with Crippen LogP contribution >= 0.6 is 0 Å². The van der Waals surface area contributed by atoms with Gasteiger partial charge in [-0.25, -0.2) is 0 Å². The van der Waals surface area contributed by atoms with Crippen LogP contribution in [0.5, 0.6) is 0 Å². The van der Waals surface area contributed by atoms with Crippen LogP contribution in [0.15, 0.2) is 36.8 Å². The molecule has 94 valence electrons. The van der Waals surface area contributed by atoms with Crippen molar-refractivity contribution in [3.05, 3.63) is 53.6 Å². The molecule has 1 N–H and O–H groups in total. The Morgan fingerprint density at radius 1 is 1.32 bits per heavy atom. The fourth-order valence-electron chi connectivity index (χ4n) is 2.19. The van der Waals surface area contributed by atoms with Gasteiger partial charge in [0.2, 0.25) is 0 Å². The van der Waals surface area contributed by atoms with E-state index in [1.54, 1.807) is 18.6 Å². The summed E-state index contributed by atoms with van der Waals surface area (Å²) in [4.78, 5) is 19.6. The van der Waals surface area contributed by atoms with Crippen LogP contribution in [0.25, 0.3) is 17.3 Å². The minimum atomic E-state index is -0.305. The van der Waals surface area contributed by atoms with Crippen molar-refractivity contribution in [1.82, 2.24) is 15.3 Å². The van der Waals surface area contributed by atoms with Gasteiger partial charge in [-0.15, -0.1) is 0 Å². The Balaban J connectivity index is 2.07. The van der Waals surface area contributed by atoms with Crippen LogP contribution < -0.4 is 5.32 Å². The maximum Gasteiger partial charge on any atom is 0.146 e. The minimum Gasteiger partial charge on any atom is -0.378 e. The lowest BCUT2D eigenvalue weighted by Gasteiger charge is -2.18. The number of nitrogens with zero attached hydrogens (tertiary/aromatic N) is 2. The number of aromatic nitrogens is 2. The molecule has 0 bridgehead atoms. The molecule has 2 aromatic heterocycles. The predicted octanol–water partition coefficient (Wildman–Crippen LogP) is 2.27. The monoisotopic (exact) mass is 251 g/mol. The zero-order valence-electron chi connectivity index (χ0n) is 10.5. The van der Waals surface area contributed by atoms with E-state index in [0.29, 0.717) is 0 Å². The van der Waals surface area contributed by atoms with Crippen LogP contribution in [0.2, 0.25) is 0 Å². The maximum atomic E-state index is 11.0. The van der Waals surface area contributed by atoms with Gasteiger partial charge in [-0.05, 0) is 43.0 Å². The zero-order valence-corrected chi connectivity index (χ0v) is 10.5. The molecule has 0 amide bonds. The molecule has 0 spiro atoms. The van der Waals surface area contributed by atoms with Gasteiger partial charge in [-0.1, -0.05) is 0 Å². The average Bonchev–Trinajstić information content (AvgIpc) is 2.46. The molecule has 1 aliphatic heterocycles. The molecular formula is C15H13N3O. The first-order chi connectivity index (χ1) is 9.28. The third-order valence-electron chi connectivity index (χ3n) is 3.17. The van der Waals surface area contributed by atoms with Crippen LogP contribution in [-0.4, -0.2) is 16.3 Å². The minimum absolute atomic E-state index is 0.305. The summed E-state index contributed by atoms with van der Waals surface area (Å²) in [5, 5.41) is 2.99. The number of rotatable bonds is 2. The lowest BCUT2D eigenvalue weighted by molar-refractivity contribution is -0.109. The van der Waals surface area contributed by atoms with Gasteiger partial charge in [-0.2, -0.15) is 0 Å². The van der Waals surface area contributed by atoms with Crippen molar-refractivity contribution in [2.45, 2.75) is 13.0 Å². The summed E-state index contributed by atoms with van der Waals surface area (Å²) in [5.74, 6) is 0. The van der Waals surface area contributed by atoms with E-state index in [1.165, 1.54) is 0 Å². The quantitative estimate of drug-likeness (QED) is 0.832. The molecule has 3 rings (SSSR count). The van der Waals surface area contributed by atoms with E-state index in [9.17, 15) is 4.79 Å². The van der Waals surface area contributed by atoms with E-state index in [1.807, 2.05) is 31.2 Å². The predicted molar refractivity (Wildman–Crippen MR) is 73.2 cm³/mol. The molecule has 4 nitrogen and oxygen atoms in total. The molecule has 0 aliphatic carbocycles. The molecule has 1 aliphatic rings. The fraction of sp³-hybridized carbons (Fsp3) is 0.133. The molecule has 0 fully saturated rings. The average molecular weight is 251 g/mol. The van der Waals surface area contributed by atoms with Gasteiger partial charge in [0.25, 0.3) is 0 Å². The van der Waals surface area contributed by atoms with Crippen LogP contribution in [0.4, 0.5) is 0 Å². The molecule has 3 heterocycles. The number of fused-ring (bicyclic) bond motifs is 1. The number of aryl methyl sites for hydroxylation is 1. The third-order valence-corrected chi connectivity index (χ3v) is 3.17. The second-order valence-corrected chi connectivity index (χ2v) is 4.50. The number of aldehydes is 1. The summed E-state index contributed by atoms with van der Waals surface area (Å²) in [6.45, 7) is 1.95. The summed E-state index contributed by atoms with van der Waals surface area (Å²) in [6.07, 6.45) is 8.17. The van der Waals surface area contributed by atoms with Crippen molar-refractivity contribution in [3.63, 3.8) is 0 Å². The third kappa shape index (κ3) is 2.12. The summed E-state index contributed by atoms with van der Waals surface area (Å²) in [5.41, 5.74) is 4.81. The fourth-order valence-corrected chi connectivity index (χ4v) is 2.19. The maximum absolute atomic E-state index is 11.0. The van der Waals surface area contributed by atoms with Crippen LogP contribution in [0.3, 0.4) is 0 Å². The lowest BCUT2D eigenvalue weighted by atomic mass is 9.99. The topological polar surface area (TPSA) is 54.9 Å². The van der Waals surface area contributed by atoms with Crippen molar-refractivity contribution in [3.8, 4) is 11.3 Å². The molecule has 1 unspecified atom stereocenters. The van der Waals surface area contributed by atoms with E-state index in [4.69, 9.17) is 0 Å². The number of carbonyl (C=O) groups excluding carboxylic acids is 1. The smallest absolute Gasteiger partial charge is 0.146 e. The van der Waals surface area contributed by atoms with Gasteiger partial charge in [0.05, 0.1) is 5.69 Å². The SMILES string of the molecule is Cc1cc(-c2cc3c(cn2)C(C=O)NC=C3)ccn1. The first kappa shape index (κ1) is 11.6. The molecule has 0 saturated heterocycles. The largest absolute Gasteiger partial charge is 0.378 e. The van der Waals surface area contributed by atoms with Crippen molar-refractivity contribution in [2.24, 2.45) is 0 Å². The van der Waals surface area contributed by atoms with E-state index >= 15 is 0 Å². The Morgan fingerprint density at radius 3 is 3.00 bits per heavy atom. The molecular weight excluding hydrogens is 238 g/mol. The highest BCUT2D eigenvalue weighted by Crippen LogP contribution is 2.26. The molecule has 1 atom stereocenters. The van der Waals surface area contributed by atoms with E-state index in [-0.39, 0.29) is 6.04 Å². The highest BCUT2D eigenvalue weighted by molar-refractivity contribution is 5.72. The Morgan fingerprint density at radius 2 is 2.21 bits per heavy atom. The second-order valence-electron chi connectivity index (χ2n) is 4.50. The lowest BCUT2D eigenvalue weighted by Crippen LogP contribution is -2.20. The van der Waals surface area contributed by atoms with Crippen LogP contribution in [-0.2, 0) is 4.79 Å². The molecule has 2 aromatic rings. The van der Waals surface area contributed by atoms with Crippen LogP contribution in [0.1, 0.15) is 22.9 Å². The Kier molecular flexibility index (Phi) is 2.83. The summed E-state index contributed by atoms with van der Waals surface area (Å²) >= 11 is 0. The summed E-state index contributed by atoms with van der Waals surface area (Å²) in [7, 11) is 0. The van der Waals surface area contributed by atoms with Crippen LogP contribution in [0, 0.1) is 6.92 Å². The van der Waals surface area contributed by atoms with Crippen molar-refractivity contribution in [1.29, 1.82) is 0 Å².